The van der Waals surface area contributed by atoms with Crippen LogP contribution < -0.4 is 10.1 Å². The van der Waals surface area contributed by atoms with Crippen LogP contribution in [0, 0.1) is 0 Å². The summed E-state index contributed by atoms with van der Waals surface area (Å²) in [5.41, 5.74) is 0.549. The standard InChI is InChI=1S/C15H20N2O3S/c1-10-8-17(9-11(2)20-10)15(21)16-14(18)12-4-6-13(19-3)7-5-12/h4-7,10-11H,8-9H2,1-3H3,(H,16,18,21)/t10-,11+. The lowest BCUT2D eigenvalue weighted by atomic mass is 10.2. The fraction of sp³-hybridized carbons (Fsp3) is 0.467. The van der Waals surface area contributed by atoms with Gasteiger partial charge in [-0.3, -0.25) is 10.1 Å². The lowest BCUT2D eigenvalue weighted by molar-refractivity contribution is -0.0481. The van der Waals surface area contributed by atoms with Crippen LogP contribution in [0.15, 0.2) is 24.3 Å². The highest BCUT2D eigenvalue weighted by Gasteiger charge is 2.24. The first-order chi connectivity index (χ1) is 9.99. The second-order valence-electron chi connectivity index (χ2n) is 5.15. The van der Waals surface area contributed by atoms with Gasteiger partial charge in [-0.15, -0.1) is 0 Å². The maximum absolute atomic E-state index is 12.2. The average molecular weight is 308 g/mol. The molecule has 1 aromatic carbocycles. The molecule has 0 radical (unpaired) electrons. The van der Waals surface area contributed by atoms with E-state index in [1.807, 2.05) is 18.7 Å². The molecule has 0 unspecified atom stereocenters. The Morgan fingerprint density at radius 1 is 1.29 bits per heavy atom. The van der Waals surface area contributed by atoms with Gasteiger partial charge in [-0.2, -0.15) is 0 Å². The summed E-state index contributed by atoms with van der Waals surface area (Å²) in [5.74, 6) is 0.499. The van der Waals surface area contributed by atoms with Gasteiger partial charge in [0.2, 0.25) is 0 Å². The first-order valence-corrected chi connectivity index (χ1v) is 7.30. The fourth-order valence-corrected chi connectivity index (χ4v) is 2.58. The molecular weight excluding hydrogens is 288 g/mol. The Bertz CT molecular complexity index is 508. The molecule has 1 aliphatic heterocycles. The molecular formula is C15H20N2O3S. The summed E-state index contributed by atoms with van der Waals surface area (Å²) < 4.78 is 10.7. The number of hydrogen-bond donors (Lipinski definition) is 1. The molecule has 0 aromatic heterocycles. The number of carbonyl (C=O) groups excluding carboxylic acids is 1. The number of rotatable bonds is 2. The van der Waals surface area contributed by atoms with E-state index in [-0.39, 0.29) is 18.1 Å². The Morgan fingerprint density at radius 3 is 2.38 bits per heavy atom. The summed E-state index contributed by atoms with van der Waals surface area (Å²) in [6.45, 7) is 5.37. The number of thiocarbonyl (C=S) groups is 1. The van der Waals surface area contributed by atoms with E-state index in [0.717, 1.165) is 0 Å². The van der Waals surface area contributed by atoms with Crippen molar-refractivity contribution >= 4 is 23.2 Å². The molecule has 2 rings (SSSR count). The molecule has 1 amide bonds. The number of morpholine rings is 1. The maximum atomic E-state index is 12.2. The summed E-state index contributed by atoms with van der Waals surface area (Å²) in [5, 5.41) is 3.21. The van der Waals surface area contributed by atoms with Crippen LogP contribution in [0.25, 0.3) is 0 Å². The highest BCUT2D eigenvalue weighted by molar-refractivity contribution is 7.80. The molecule has 2 atom stereocenters. The first-order valence-electron chi connectivity index (χ1n) is 6.89. The van der Waals surface area contributed by atoms with E-state index >= 15 is 0 Å². The van der Waals surface area contributed by atoms with Crippen LogP contribution in [-0.4, -0.2) is 48.3 Å². The lowest BCUT2D eigenvalue weighted by Crippen LogP contribution is -2.52. The van der Waals surface area contributed by atoms with E-state index in [4.69, 9.17) is 21.7 Å². The van der Waals surface area contributed by atoms with Gasteiger partial charge in [0.25, 0.3) is 5.91 Å². The van der Waals surface area contributed by atoms with E-state index in [9.17, 15) is 4.79 Å². The van der Waals surface area contributed by atoms with E-state index in [2.05, 4.69) is 5.32 Å². The number of hydrogen-bond acceptors (Lipinski definition) is 4. The quantitative estimate of drug-likeness (QED) is 0.845. The largest absolute Gasteiger partial charge is 0.497 e. The average Bonchev–Trinajstić information content (AvgIpc) is 2.46. The summed E-state index contributed by atoms with van der Waals surface area (Å²) >= 11 is 5.32. The number of ether oxygens (including phenoxy) is 2. The third-order valence-corrected chi connectivity index (χ3v) is 3.64. The van der Waals surface area contributed by atoms with Crippen LogP contribution in [0.3, 0.4) is 0 Å². The van der Waals surface area contributed by atoms with E-state index < -0.39 is 0 Å². The van der Waals surface area contributed by atoms with E-state index in [1.165, 1.54) is 0 Å². The molecule has 1 saturated heterocycles. The molecule has 21 heavy (non-hydrogen) atoms. The smallest absolute Gasteiger partial charge is 0.257 e. The molecule has 0 aliphatic carbocycles. The van der Waals surface area contributed by atoms with Crippen molar-refractivity contribution in [3.63, 3.8) is 0 Å². The van der Waals surface area contributed by atoms with Crippen LogP contribution in [0.4, 0.5) is 0 Å². The van der Waals surface area contributed by atoms with Gasteiger partial charge in [-0.05, 0) is 50.3 Å². The Morgan fingerprint density at radius 2 is 1.86 bits per heavy atom. The molecule has 6 heteroatoms. The van der Waals surface area contributed by atoms with Gasteiger partial charge < -0.3 is 14.4 Å². The van der Waals surface area contributed by atoms with Crippen molar-refractivity contribution in [2.45, 2.75) is 26.1 Å². The summed E-state index contributed by atoms with van der Waals surface area (Å²) in [7, 11) is 1.59. The van der Waals surface area contributed by atoms with Gasteiger partial charge >= 0.3 is 0 Å². The Labute approximate surface area is 130 Å². The molecule has 114 valence electrons. The second kappa shape index (κ2) is 6.87. The molecule has 1 aliphatic rings. The van der Waals surface area contributed by atoms with Crippen LogP contribution in [-0.2, 0) is 4.74 Å². The molecule has 1 N–H and O–H groups in total. The van der Waals surface area contributed by atoms with Crippen LogP contribution in [0.2, 0.25) is 0 Å². The van der Waals surface area contributed by atoms with Gasteiger partial charge in [0.1, 0.15) is 5.75 Å². The number of amides is 1. The van der Waals surface area contributed by atoms with E-state index in [1.54, 1.807) is 31.4 Å². The molecule has 0 saturated carbocycles. The van der Waals surface area contributed by atoms with Crippen LogP contribution >= 0.6 is 12.2 Å². The minimum absolute atomic E-state index is 0.101. The maximum Gasteiger partial charge on any atom is 0.257 e. The van der Waals surface area contributed by atoms with Gasteiger partial charge in [0, 0.05) is 18.7 Å². The number of carbonyl (C=O) groups is 1. The van der Waals surface area contributed by atoms with Crippen molar-refractivity contribution in [3.8, 4) is 5.75 Å². The molecule has 0 spiro atoms. The SMILES string of the molecule is COc1ccc(C(=O)NC(=S)N2C[C@@H](C)O[C@@H](C)C2)cc1. The van der Waals surface area contributed by atoms with Crippen molar-refractivity contribution in [2.24, 2.45) is 0 Å². The van der Waals surface area contributed by atoms with Gasteiger partial charge in [-0.1, -0.05) is 0 Å². The fourth-order valence-electron chi connectivity index (χ4n) is 2.33. The third kappa shape index (κ3) is 4.15. The van der Waals surface area contributed by atoms with Crippen LogP contribution in [0.1, 0.15) is 24.2 Å². The zero-order chi connectivity index (χ0) is 15.4. The third-order valence-electron chi connectivity index (χ3n) is 3.28. The predicted molar refractivity (Wildman–Crippen MR) is 84.6 cm³/mol. The predicted octanol–water partition coefficient (Wildman–Crippen LogP) is 1.82. The highest BCUT2D eigenvalue weighted by Crippen LogP contribution is 2.13. The molecule has 5 nitrogen and oxygen atoms in total. The second-order valence-corrected chi connectivity index (χ2v) is 5.54. The topological polar surface area (TPSA) is 50.8 Å². The molecule has 1 aromatic rings. The number of nitrogens with one attached hydrogen (secondary N) is 1. The molecule has 0 bridgehead atoms. The van der Waals surface area contributed by atoms with Crippen molar-refractivity contribution < 1.29 is 14.3 Å². The number of methoxy groups -OCH3 is 1. The van der Waals surface area contributed by atoms with E-state index in [0.29, 0.717) is 29.5 Å². The Balaban J connectivity index is 1.96. The minimum Gasteiger partial charge on any atom is -0.497 e. The normalized spacial score (nSPS) is 21.8. The number of benzene rings is 1. The minimum atomic E-state index is -0.213. The molecule has 1 fully saturated rings. The Kier molecular flexibility index (Phi) is 5.14. The van der Waals surface area contributed by atoms with Gasteiger partial charge in [0.15, 0.2) is 5.11 Å². The highest BCUT2D eigenvalue weighted by atomic mass is 32.1. The zero-order valence-electron chi connectivity index (χ0n) is 12.5. The van der Waals surface area contributed by atoms with Gasteiger partial charge in [-0.25, -0.2) is 0 Å². The lowest BCUT2D eigenvalue weighted by Gasteiger charge is -2.36. The van der Waals surface area contributed by atoms with Gasteiger partial charge in [0.05, 0.1) is 19.3 Å². The monoisotopic (exact) mass is 308 g/mol. The zero-order valence-corrected chi connectivity index (χ0v) is 13.3. The first kappa shape index (κ1) is 15.7. The van der Waals surface area contributed by atoms with Crippen molar-refractivity contribution in [3.05, 3.63) is 29.8 Å². The van der Waals surface area contributed by atoms with Crippen molar-refractivity contribution in [2.75, 3.05) is 20.2 Å². The summed E-state index contributed by atoms with van der Waals surface area (Å²) in [6, 6.07) is 6.91. The summed E-state index contributed by atoms with van der Waals surface area (Å²) in [6.07, 6.45) is 0.203. The van der Waals surface area contributed by atoms with Crippen molar-refractivity contribution in [1.82, 2.24) is 10.2 Å². The number of nitrogens with zero attached hydrogens (tertiary/aromatic N) is 1. The summed E-state index contributed by atoms with van der Waals surface area (Å²) in [4.78, 5) is 14.1. The van der Waals surface area contributed by atoms with Crippen molar-refractivity contribution in [1.29, 1.82) is 0 Å². The van der Waals surface area contributed by atoms with Crippen LogP contribution in [0.5, 0.6) is 5.75 Å². The Hall–Kier alpha value is -1.66. The molecule has 1 heterocycles.